The molecule has 19 heavy (non-hydrogen) atoms. The Morgan fingerprint density at radius 2 is 2.05 bits per heavy atom. The average Bonchev–Trinajstić information content (AvgIpc) is 2.93. The van der Waals surface area contributed by atoms with Gasteiger partial charge in [-0.3, -0.25) is 0 Å². The molecule has 1 nitrogen and oxygen atoms in total. The van der Waals surface area contributed by atoms with Gasteiger partial charge in [-0.2, -0.15) is 0 Å². The molecule has 2 aromatic rings. The lowest BCUT2D eigenvalue weighted by Gasteiger charge is -2.17. The van der Waals surface area contributed by atoms with Crippen LogP contribution in [0.1, 0.15) is 39.6 Å². The molecule has 3 rings (SSSR count). The SMILES string of the molecule is Cc1ccc(C(Br)c2ccc3c(c2)C(C)(C)CO3)s1. The Morgan fingerprint density at radius 3 is 2.74 bits per heavy atom. The monoisotopic (exact) mass is 336 g/mol. The maximum Gasteiger partial charge on any atom is 0.123 e. The number of ether oxygens (including phenoxy) is 1. The molecule has 1 aliphatic rings. The van der Waals surface area contributed by atoms with Crippen LogP contribution in [-0.4, -0.2) is 6.61 Å². The summed E-state index contributed by atoms with van der Waals surface area (Å²) in [7, 11) is 0. The summed E-state index contributed by atoms with van der Waals surface area (Å²) in [5.41, 5.74) is 2.74. The molecule has 3 heteroatoms. The van der Waals surface area contributed by atoms with Crippen LogP contribution in [0.5, 0.6) is 5.75 Å². The third-order valence-corrected chi connectivity index (χ3v) is 6.02. The van der Waals surface area contributed by atoms with Gasteiger partial charge in [0.25, 0.3) is 0 Å². The minimum atomic E-state index is 0.115. The van der Waals surface area contributed by atoms with Crippen molar-refractivity contribution in [1.29, 1.82) is 0 Å². The van der Waals surface area contributed by atoms with Gasteiger partial charge in [0.15, 0.2) is 0 Å². The molecular formula is C16H17BrOS. The molecule has 2 heterocycles. The van der Waals surface area contributed by atoms with Crippen LogP contribution in [0, 0.1) is 6.92 Å². The normalized spacial score (nSPS) is 17.9. The Kier molecular flexibility index (Phi) is 3.22. The van der Waals surface area contributed by atoms with Gasteiger partial charge in [0, 0.05) is 20.7 Å². The van der Waals surface area contributed by atoms with E-state index >= 15 is 0 Å². The first kappa shape index (κ1) is 13.2. The minimum absolute atomic E-state index is 0.115. The van der Waals surface area contributed by atoms with E-state index in [-0.39, 0.29) is 10.2 Å². The highest BCUT2D eigenvalue weighted by atomic mass is 79.9. The topological polar surface area (TPSA) is 9.23 Å². The van der Waals surface area contributed by atoms with Gasteiger partial charge in [-0.05, 0) is 36.8 Å². The highest BCUT2D eigenvalue weighted by Crippen LogP contribution is 2.42. The van der Waals surface area contributed by atoms with Gasteiger partial charge in [-0.1, -0.05) is 35.8 Å². The molecule has 0 amide bonds. The highest BCUT2D eigenvalue weighted by Gasteiger charge is 2.32. The van der Waals surface area contributed by atoms with Crippen LogP contribution in [0.4, 0.5) is 0 Å². The van der Waals surface area contributed by atoms with Crippen LogP contribution in [-0.2, 0) is 5.41 Å². The molecule has 0 fully saturated rings. The van der Waals surface area contributed by atoms with Crippen LogP contribution < -0.4 is 4.74 Å². The van der Waals surface area contributed by atoms with E-state index in [1.165, 1.54) is 20.9 Å². The summed E-state index contributed by atoms with van der Waals surface area (Å²) >= 11 is 5.67. The lowest BCUT2D eigenvalue weighted by Crippen LogP contribution is -2.18. The molecule has 0 N–H and O–H groups in total. The van der Waals surface area contributed by atoms with E-state index in [2.05, 4.69) is 67.0 Å². The summed E-state index contributed by atoms with van der Waals surface area (Å²) in [4.78, 5) is 2.98. The summed E-state index contributed by atoms with van der Waals surface area (Å²) in [5, 5.41) is 0. The predicted octanol–water partition coefficient (Wildman–Crippen LogP) is 5.21. The van der Waals surface area contributed by atoms with Gasteiger partial charge in [-0.25, -0.2) is 0 Å². The van der Waals surface area contributed by atoms with Crippen molar-refractivity contribution >= 4 is 27.3 Å². The maximum atomic E-state index is 5.75. The number of halogens is 1. The van der Waals surface area contributed by atoms with Crippen molar-refractivity contribution in [1.82, 2.24) is 0 Å². The summed E-state index contributed by atoms with van der Waals surface area (Å²) in [6.07, 6.45) is 0. The van der Waals surface area contributed by atoms with Crippen LogP contribution in [0.25, 0.3) is 0 Å². The zero-order valence-electron chi connectivity index (χ0n) is 11.4. The third-order valence-electron chi connectivity index (χ3n) is 3.62. The Bertz CT molecular complexity index is 615. The Labute approximate surface area is 126 Å². The molecule has 0 spiro atoms. The molecule has 100 valence electrons. The molecule has 1 aromatic carbocycles. The van der Waals surface area contributed by atoms with Crippen molar-refractivity contribution in [3.8, 4) is 5.75 Å². The molecule has 1 unspecified atom stereocenters. The first-order valence-electron chi connectivity index (χ1n) is 6.45. The lowest BCUT2D eigenvalue weighted by atomic mass is 9.86. The zero-order valence-corrected chi connectivity index (χ0v) is 13.8. The Hall–Kier alpha value is -0.800. The smallest absolute Gasteiger partial charge is 0.123 e. The quantitative estimate of drug-likeness (QED) is 0.684. The number of thiophene rings is 1. The van der Waals surface area contributed by atoms with Crippen molar-refractivity contribution in [2.24, 2.45) is 0 Å². The van der Waals surface area contributed by atoms with Gasteiger partial charge in [-0.15, -0.1) is 11.3 Å². The number of hydrogen-bond acceptors (Lipinski definition) is 2. The number of rotatable bonds is 2. The van der Waals surface area contributed by atoms with Crippen LogP contribution in [0.3, 0.4) is 0 Å². The highest BCUT2D eigenvalue weighted by molar-refractivity contribution is 9.09. The van der Waals surface area contributed by atoms with Gasteiger partial charge >= 0.3 is 0 Å². The van der Waals surface area contributed by atoms with E-state index in [0.717, 1.165) is 12.4 Å². The molecule has 1 aliphatic heterocycles. The summed E-state index contributed by atoms with van der Waals surface area (Å²) in [6, 6.07) is 10.9. The van der Waals surface area contributed by atoms with Gasteiger partial charge in [0.05, 0.1) is 11.4 Å². The molecule has 1 aromatic heterocycles. The third kappa shape index (κ3) is 2.34. The largest absolute Gasteiger partial charge is 0.492 e. The second-order valence-electron chi connectivity index (χ2n) is 5.74. The number of hydrogen-bond donors (Lipinski definition) is 0. The lowest BCUT2D eigenvalue weighted by molar-refractivity contribution is 0.291. The van der Waals surface area contributed by atoms with Crippen molar-refractivity contribution in [2.45, 2.75) is 31.0 Å². The fourth-order valence-electron chi connectivity index (χ4n) is 2.45. The van der Waals surface area contributed by atoms with Crippen molar-refractivity contribution in [2.75, 3.05) is 6.61 Å². The standard InChI is InChI=1S/C16H17BrOS/c1-10-4-7-14(19-10)15(17)11-5-6-13-12(8-11)16(2,3)9-18-13/h4-8,15H,9H2,1-3H3. The molecular weight excluding hydrogens is 320 g/mol. The molecule has 0 saturated carbocycles. The predicted molar refractivity (Wildman–Crippen MR) is 84.8 cm³/mol. The average molecular weight is 337 g/mol. The minimum Gasteiger partial charge on any atom is -0.492 e. The zero-order chi connectivity index (χ0) is 13.6. The Morgan fingerprint density at radius 1 is 1.26 bits per heavy atom. The van der Waals surface area contributed by atoms with Crippen LogP contribution in [0.15, 0.2) is 30.3 Å². The number of aryl methyl sites for hydroxylation is 1. The van der Waals surface area contributed by atoms with E-state index < -0.39 is 0 Å². The molecule has 0 bridgehead atoms. The van der Waals surface area contributed by atoms with E-state index in [1.54, 1.807) is 0 Å². The summed E-state index contributed by atoms with van der Waals surface area (Å²) in [5.74, 6) is 1.04. The number of benzene rings is 1. The van der Waals surface area contributed by atoms with Crippen molar-refractivity contribution in [3.63, 3.8) is 0 Å². The fraction of sp³-hybridized carbons (Fsp3) is 0.375. The number of fused-ring (bicyclic) bond motifs is 1. The van der Waals surface area contributed by atoms with Crippen molar-refractivity contribution < 1.29 is 4.74 Å². The maximum absolute atomic E-state index is 5.75. The van der Waals surface area contributed by atoms with Gasteiger partial charge < -0.3 is 4.74 Å². The van der Waals surface area contributed by atoms with E-state index in [9.17, 15) is 0 Å². The van der Waals surface area contributed by atoms with E-state index in [0.29, 0.717) is 0 Å². The first-order chi connectivity index (χ1) is 8.97. The van der Waals surface area contributed by atoms with Crippen LogP contribution in [0.2, 0.25) is 0 Å². The molecule has 0 radical (unpaired) electrons. The summed E-state index contributed by atoms with van der Waals surface area (Å²) in [6.45, 7) is 7.40. The van der Waals surface area contributed by atoms with Gasteiger partial charge in [0.2, 0.25) is 0 Å². The van der Waals surface area contributed by atoms with E-state index in [1.807, 2.05) is 11.3 Å². The van der Waals surface area contributed by atoms with E-state index in [4.69, 9.17) is 4.74 Å². The summed E-state index contributed by atoms with van der Waals surface area (Å²) < 4.78 is 5.75. The molecule has 0 saturated heterocycles. The van der Waals surface area contributed by atoms with Crippen molar-refractivity contribution in [3.05, 3.63) is 51.2 Å². The second kappa shape index (κ2) is 4.64. The number of alkyl halides is 1. The first-order valence-corrected chi connectivity index (χ1v) is 8.18. The van der Waals surface area contributed by atoms with Crippen LogP contribution >= 0.6 is 27.3 Å². The second-order valence-corrected chi connectivity index (χ2v) is 7.97. The fourth-order valence-corrected chi connectivity index (χ4v) is 4.05. The molecule has 1 atom stereocenters. The molecule has 0 aliphatic carbocycles. The Balaban J connectivity index is 1.99. The van der Waals surface area contributed by atoms with Gasteiger partial charge in [0.1, 0.15) is 5.75 Å².